The van der Waals surface area contributed by atoms with Gasteiger partial charge in [0.25, 0.3) is 17.7 Å². The summed E-state index contributed by atoms with van der Waals surface area (Å²) in [5, 5.41) is 5.50. The van der Waals surface area contributed by atoms with Crippen molar-refractivity contribution in [3.05, 3.63) is 77.6 Å². The van der Waals surface area contributed by atoms with Crippen molar-refractivity contribution in [2.24, 2.45) is 17.3 Å². The van der Waals surface area contributed by atoms with E-state index in [0.717, 1.165) is 50.1 Å². The highest BCUT2D eigenvalue weighted by Gasteiger charge is 2.44. The molecule has 4 aliphatic rings. The van der Waals surface area contributed by atoms with Crippen LogP contribution >= 0.6 is 0 Å². The van der Waals surface area contributed by atoms with E-state index in [2.05, 4.69) is 72.2 Å². The molecule has 0 aliphatic carbocycles. The molecule has 3 saturated heterocycles. The summed E-state index contributed by atoms with van der Waals surface area (Å²) in [6.45, 7) is 12.9. The number of likely N-dealkylation sites (N-methyl/N-ethyl adjacent to an activating group) is 1. The number of fused-ring (bicyclic) bond motifs is 6. The number of rotatable bonds is 9. The smallest absolute Gasteiger partial charge is 0.324 e. The highest BCUT2D eigenvalue weighted by Crippen LogP contribution is 2.42. The Morgan fingerprint density at radius 2 is 1.81 bits per heavy atom. The molecule has 4 amide bonds. The zero-order chi connectivity index (χ0) is 52.5. The number of alkyl halides is 2. The van der Waals surface area contributed by atoms with E-state index >= 15 is 0 Å². The van der Waals surface area contributed by atoms with Crippen molar-refractivity contribution in [2.45, 2.75) is 123 Å². The number of benzene rings is 2. The Bertz CT molecular complexity index is 2820. The van der Waals surface area contributed by atoms with Crippen molar-refractivity contribution in [1.82, 2.24) is 40.0 Å². The van der Waals surface area contributed by atoms with Crippen LogP contribution in [0.3, 0.4) is 0 Å². The van der Waals surface area contributed by atoms with E-state index in [1.54, 1.807) is 27.4 Å². The van der Waals surface area contributed by atoms with Gasteiger partial charge in [0.2, 0.25) is 11.8 Å². The van der Waals surface area contributed by atoms with E-state index in [4.69, 9.17) is 14.5 Å². The van der Waals surface area contributed by atoms with Gasteiger partial charge in [0.1, 0.15) is 18.1 Å². The third-order valence-electron chi connectivity index (χ3n) is 15.0. The van der Waals surface area contributed by atoms with Crippen LogP contribution in [-0.4, -0.2) is 143 Å². The maximum Gasteiger partial charge on any atom is 0.324 e. The van der Waals surface area contributed by atoms with Crippen molar-refractivity contribution in [2.75, 3.05) is 54.0 Å². The molecule has 73 heavy (non-hydrogen) atoms. The molecule has 2 unspecified atom stereocenters. The summed E-state index contributed by atoms with van der Waals surface area (Å²) in [6.07, 6.45) is 3.02. The molecule has 0 spiro atoms. The van der Waals surface area contributed by atoms with Crippen molar-refractivity contribution < 1.29 is 42.2 Å². The summed E-state index contributed by atoms with van der Waals surface area (Å²) < 4.78 is 42.1. The lowest BCUT2D eigenvalue weighted by atomic mass is 9.84. The Hall–Kier alpha value is -6.22. The van der Waals surface area contributed by atoms with Crippen molar-refractivity contribution in [3.8, 4) is 34.2 Å². The van der Waals surface area contributed by atoms with Crippen LogP contribution in [0.4, 0.5) is 8.78 Å². The molecule has 4 aliphatic heterocycles. The number of methoxy groups -OCH3 is 1. The number of pyridine rings is 1. The van der Waals surface area contributed by atoms with Gasteiger partial charge in [-0.2, -0.15) is 0 Å². The van der Waals surface area contributed by atoms with Crippen LogP contribution in [0.5, 0.6) is 0 Å². The molecule has 2 aromatic carbocycles. The van der Waals surface area contributed by atoms with E-state index in [1.807, 2.05) is 51.1 Å². The minimum Gasteiger partial charge on any atom is -0.464 e. The van der Waals surface area contributed by atoms with Gasteiger partial charge >= 0.3 is 5.97 Å². The topological polar surface area (TPSA) is 159 Å². The fraction of sp³-hybridized carbons (Fsp3) is 0.536. The monoisotopic (exact) mass is 1000 g/mol. The van der Waals surface area contributed by atoms with Crippen LogP contribution in [0.15, 0.2) is 60.8 Å². The first kappa shape index (κ1) is 53.1. The van der Waals surface area contributed by atoms with E-state index in [1.165, 1.54) is 19.7 Å². The number of carbonyl (C=O) groups excluding carboxylic acids is 5. The number of halogens is 2. The number of carbonyl (C=O) groups is 5. The quantitative estimate of drug-likeness (QED) is 0.142. The van der Waals surface area contributed by atoms with Gasteiger partial charge < -0.3 is 29.2 Å². The first-order chi connectivity index (χ1) is 34.7. The number of amides is 4. The zero-order valence-corrected chi connectivity index (χ0v) is 43.6. The summed E-state index contributed by atoms with van der Waals surface area (Å²) in [6, 6.07) is 14.7. The number of esters is 1. The molecule has 0 saturated carbocycles. The first-order valence-electron chi connectivity index (χ1n) is 25.6. The molecule has 6 atom stereocenters. The van der Waals surface area contributed by atoms with Crippen LogP contribution in [0.2, 0.25) is 0 Å². The van der Waals surface area contributed by atoms with Gasteiger partial charge in [-0.15, -0.1) is 0 Å². The van der Waals surface area contributed by atoms with Gasteiger partial charge in [-0.05, 0) is 105 Å². The molecule has 390 valence electrons. The molecule has 6 heterocycles. The predicted octanol–water partition coefficient (Wildman–Crippen LogP) is 6.42. The maximum absolute atomic E-state index is 14.8. The second kappa shape index (κ2) is 21.7. The number of aryl methyl sites for hydroxylation is 1. The molecule has 8 rings (SSSR count). The second-order valence-corrected chi connectivity index (χ2v) is 21.5. The Morgan fingerprint density at radius 1 is 1.04 bits per heavy atom. The van der Waals surface area contributed by atoms with E-state index in [9.17, 15) is 32.8 Å². The number of hydrogen-bond acceptors (Lipinski definition) is 10. The molecule has 0 radical (unpaired) electrons. The molecule has 2 N–H and O–H groups in total. The maximum atomic E-state index is 14.8. The van der Waals surface area contributed by atoms with E-state index < -0.39 is 78.1 Å². The highest BCUT2D eigenvalue weighted by molar-refractivity contribution is 5.97. The average molecular weight is 1010 g/mol. The number of nitrogens with one attached hydrogen (secondary N) is 2. The zero-order valence-electron chi connectivity index (χ0n) is 43.6. The lowest BCUT2D eigenvalue weighted by Gasteiger charge is -2.37. The Kier molecular flexibility index (Phi) is 15.8. The highest BCUT2D eigenvalue weighted by atomic mass is 19.3. The van der Waals surface area contributed by atoms with Crippen molar-refractivity contribution in [3.63, 3.8) is 0 Å². The van der Waals surface area contributed by atoms with E-state index in [0.29, 0.717) is 32.2 Å². The van der Waals surface area contributed by atoms with Crippen LogP contribution in [0.25, 0.3) is 33.3 Å². The SMILES string of the molecule is CCn1c(-c2cccnc2[C@H](C)OC)c2c3cc(ccc31)-c1cccc(c1)C[C@H](NC(=O)C(C(C)C)N(C)C(=O)[C@H]1CCN(C(=O)C#CC3CC(F)(F)CN3C)C1)C(=O)N1CCC[C@H](N1)C(=O)OCC(C)(C)C2. The molecule has 2 aromatic heterocycles. The van der Waals surface area contributed by atoms with Gasteiger partial charge in [-0.1, -0.05) is 63.9 Å². The Balaban J connectivity index is 1.10. The van der Waals surface area contributed by atoms with Gasteiger partial charge in [0, 0.05) is 81.3 Å². The first-order valence-corrected chi connectivity index (χ1v) is 25.6. The Labute approximate surface area is 427 Å². The van der Waals surface area contributed by atoms with Gasteiger partial charge in [-0.3, -0.25) is 38.9 Å². The summed E-state index contributed by atoms with van der Waals surface area (Å²) in [5.41, 5.74) is 10.2. The molecular formula is C56H70F2N8O7. The third-order valence-corrected chi connectivity index (χ3v) is 15.0. The largest absolute Gasteiger partial charge is 0.464 e. The number of aromatic nitrogens is 2. The normalized spacial score (nSPS) is 23.1. The number of nitrogens with zero attached hydrogens (tertiary/aromatic N) is 6. The summed E-state index contributed by atoms with van der Waals surface area (Å²) in [4.78, 5) is 79.8. The summed E-state index contributed by atoms with van der Waals surface area (Å²) in [7, 11) is 4.78. The average Bonchev–Trinajstić information content (AvgIpc) is 4.06. The molecule has 15 nitrogen and oxygen atoms in total. The van der Waals surface area contributed by atoms with Crippen molar-refractivity contribution in [1.29, 1.82) is 0 Å². The van der Waals surface area contributed by atoms with Crippen LogP contribution in [0.1, 0.15) is 90.2 Å². The minimum atomic E-state index is -2.87. The summed E-state index contributed by atoms with van der Waals surface area (Å²) in [5.74, 6) is -1.00. The lowest BCUT2D eigenvalue weighted by Crippen LogP contribution is -2.62. The van der Waals surface area contributed by atoms with Gasteiger partial charge in [0.15, 0.2) is 0 Å². The molecule has 3 fully saturated rings. The molecule has 4 aromatic rings. The fourth-order valence-corrected chi connectivity index (χ4v) is 11.1. The lowest BCUT2D eigenvalue weighted by molar-refractivity contribution is -0.155. The standard InChI is InChI=1S/C56H70F2N8O7/c1-10-65-46-20-18-38-28-42(46)43(50(65)41-16-12-23-59-48(41)35(4)72-9)30-55(5,6)33-73-54(71)44-17-13-24-66(61-44)53(70)45(27-36-14-11-15-37(38)26-36)60-51(68)49(34(2)3)63(8)52(69)39-22-25-64(31-39)47(67)21-19-40-29-56(57,58)32-62(40)7/h11-12,14-16,18,20,23,26,28,34-35,39-40,44-45,49,61H,10,13,17,22,24-25,27,29-33H2,1-9H3,(H,60,68)/t35-,39-,40?,44-,45-,49?/m0/s1. The van der Waals surface area contributed by atoms with E-state index in [-0.39, 0.29) is 50.6 Å². The van der Waals surface area contributed by atoms with Crippen molar-refractivity contribution >= 4 is 40.5 Å². The second-order valence-electron chi connectivity index (χ2n) is 21.5. The predicted molar refractivity (Wildman–Crippen MR) is 273 cm³/mol. The molecular weight excluding hydrogens is 935 g/mol. The van der Waals surface area contributed by atoms with Crippen LogP contribution in [0, 0.1) is 29.1 Å². The Morgan fingerprint density at radius 3 is 2.52 bits per heavy atom. The molecule has 6 bridgehead atoms. The number of ether oxygens (including phenoxy) is 2. The minimum absolute atomic E-state index is 0.0674. The summed E-state index contributed by atoms with van der Waals surface area (Å²) >= 11 is 0. The van der Waals surface area contributed by atoms with Crippen LogP contribution < -0.4 is 10.7 Å². The number of hydrogen-bond donors (Lipinski definition) is 2. The number of cyclic esters (lactones) is 1. The van der Waals surface area contributed by atoms with Crippen LogP contribution in [-0.2, 0) is 52.8 Å². The van der Waals surface area contributed by atoms with Gasteiger partial charge in [-0.25, -0.2) is 14.2 Å². The number of likely N-dealkylation sites (tertiary alicyclic amines) is 2. The molecule has 17 heteroatoms. The fourth-order valence-electron chi connectivity index (χ4n) is 11.1. The van der Waals surface area contributed by atoms with Gasteiger partial charge in [0.05, 0.1) is 42.6 Å². The number of hydrazine groups is 1. The third kappa shape index (κ3) is 11.5.